The maximum atomic E-state index is 12.5. The number of phosphoric acid groups is 1. The van der Waals surface area contributed by atoms with Crippen molar-refractivity contribution in [3.8, 4) is 0 Å². The first-order valence-electron chi connectivity index (χ1n) is 22.7. The molecule has 0 rings (SSSR count). The number of allylic oxidation sites excluding steroid dienone is 2. The molecule has 54 heavy (non-hydrogen) atoms. The van der Waals surface area contributed by atoms with E-state index in [1.54, 1.807) is 0 Å². The van der Waals surface area contributed by atoms with Gasteiger partial charge in [0.05, 0.1) is 26.4 Å². The molecule has 0 radical (unpaired) electrons. The highest BCUT2D eigenvalue weighted by Crippen LogP contribution is 2.43. The summed E-state index contributed by atoms with van der Waals surface area (Å²) in [5.41, 5.74) is 0. The van der Waals surface area contributed by atoms with Gasteiger partial charge in [-0.25, -0.2) is 4.57 Å². The van der Waals surface area contributed by atoms with Crippen molar-refractivity contribution in [3.63, 3.8) is 0 Å². The fourth-order valence-electron chi connectivity index (χ4n) is 6.48. The van der Waals surface area contributed by atoms with Crippen LogP contribution < -0.4 is 0 Å². The molecule has 0 saturated carbocycles. The molecule has 0 aromatic carbocycles. The average molecular weight is 791 g/mol. The summed E-state index contributed by atoms with van der Waals surface area (Å²) in [6.07, 6.45) is 41.9. The standard InChI is InChI=1S/C44H87O9P/c1-3-5-7-9-11-13-15-16-17-18-19-20-21-22-23-24-25-26-27-29-31-33-35-37-50-40-43(41-52-54(48,49)51-39-42(46)38-45)53-44(47)36-34-32-30-28-14-12-10-8-6-4-2/h8,10,42-43,45-46H,3-7,9,11-41H2,1-2H3,(H,48,49)/b10-8-. The average Bonchev–Trinajstić information content (AvgIpc) is 3.16. The quantitative estimate of drug-likeness (QED) is 0.0239. The molecule has 0 aromatic rings. The lowest BCUT2D eigenvalue weighted by Crippen LogP contribution is -2.29. The minimum Gasteiger partial charge on any atom is -0.457 e. The normalized spacial score (nSPS) is 14.1. The van der Waals surface area contributed by atoms with Gasteiger partial charge in [0.2, 0.25) is 0 Å². The summed E-state index contributed by atoms with van der Waals surface area (Å²) in [5.74, 6) is -0.390. The van der Waals surface area contributed by atoms with E-state index in [9.17, 15) is 19.4 Å². The van der Waals surface area contributed by atoms with Crippen LogP contribution in [-0.2, 0) is 27.9 Å². The molecule has 0 amide bonds. The zero-order valence-corrected chi connectivity index (χ0v) is 36.1. The van der Waals surface area contributed by atoms with Crippen molar-refractivity contribution < 1.29 is 43.0 Å². The van der Waals surface area contributed by atoms with Gasteiger partial charge in [0.25, 0.3) is 0 Å². The molecule has 0 aliphatic heterocycles. The highest BCUT2D eigenvalue weighted by molar-refractivity contribution is 7.47. The SMILES string of the molecule is CCC/C=C\CCCCCCCC(=O)OC(COCCCCCCCCCCCCCCCCCCCCCCCCC)COP(=O)(O)OCC(O)CO. The Labute approximate surface area is 332 Å². The Bertz CT molecular complexity index is 856. The lowest BCUT2D eigenvalue weighted by molar-refractivity contribution is -0.154. The Morgan fingerprint density at radius 2 is 0.981 bits per heavy atom. The molecule has 0 bridgehead atoms. The molecule has 3 atom stereocenters. The van der Waals surface area contributed by atoms with Crippen LogP contribution in [0.4, 0.5) is 0 Å². The third kappa shape index (κ3) is 40.9. The van der Waals surface area contributed by atoms with E-state index in [0.717, 1.165) is 57.8 Å². The molecule has 0 aliphatic rings. The van der Waals surface area contributed by atoms with Gasteiger partial charge in [0.15, 0.2) is 0 Å². The van der Waals surface area contributed by atoms with Gasteiger partial charge >= 0.3 is 13.8 Å². The van der Waals surface area contributed by atoms with Gasteiger partial charge in [0, 0.05) is 13.0 Å². The summed E-state index contributed by atoms with van der Waals surface area (Å²) >= 11 is 0. The van der Waals surface area contributed by atoms with Gasteiger partial charge in [-0.1, -0.05) is 193 Å². The largest absolute Gasteiger partial charge is 0.472 e. The molecule has 0 heterocycles. The number of ether oxygens (including phenoxy) is 2. The molecule has 0 saturated heterocycles. The van der Waals surface area contributed by atoms with Crippen LogP contribution in [0.15, 0.2) is 12.2 Å². The molecule has 0 fully saturated rings. The monoisotopic (exact) mass is 791 g/mol. The number of aliphatic hydroxyl groups excluding tert-OH is 2. The molecule has 10 heteroatoms. The van der Waals surface area contributed by atoms with Crippen molar-refractivity contribution in [1.29, 1.82) is 0 Å². The third-order valence-corrected chi connectivity index (χ3v) is 10.9. The van der Waals surface area contributed by atoms with Gasteiger partial charge < -0.3 is 24.6 Å². The second-order valence-corrected chi connectivity index (χ2v) is 16.9. The topological polar surface area (TPSA) is 132 Å². The van der Waals surface area contributed by atoms with Crippen LogP contribution in [0.5, 0.6) is 0 Å². The predicted molar refractivity (Wildman–Crippen MR) is 224 cm³/mol. The first-order valence-corrected chi connectivity index (χ1v) is 24.2. The van der Waals surface area contributed by atoms with Crippen molar-refractivity contribution in [1.82, 2.24) is 0 Å². The van der Waals surface area contributed by atoms with E-state index >= 15 is 0 Å². The Hall–Kier alpha value is -0.800. The summed E-state index contributed by atoms with van der Waals surface area (Å²) in [7, 11) is -4.51. The second kappa shape index (κ2) is 41.8. The van der Waals surface area contributed by atoms with Crippen LogP contribution in [0.2, 0.25) is 0 Å². The van der Waals surface area contributed by atoms with Crippen LogP contribution in [0.25, 0.3) is 0 Å². The summed E-state index contributed by atoms with van der Waals surface area (Å²) in [4.78, 5) is 22.5. The predicted octanol–water partition coefficient (Wildman–Crippen LogP) is 12.5. The van der Waals surface area contributed by atoms with E-state index in [1.807, 2.05) is 0 Å². The van der Waals surface area contributed by atoms with Crippen molar-refractivity contribution in [2.45, 2.75) is 232 Å². The summed E-state index contributed by atoms with van der Waals surface area (Å²) < 4.78 is 33.3. The number of unbranched alkanes of at least 4 members (excludes halogenated alkanes) is 28. The Morgan fingerprint density at radius 1 is 0.556 bits per heavy atom. The molecule has 322 valence electrons. The van der Waals surface area contributed by atoms with Crippen molar-refractivity contribution in [2.24, 2.45) is 0 Å². The molecule has 0 aliphatic carbocycles. The van der Waals surface area contributed by atoms with Crippen LogP contribution in [0.1, 0.15) is 219 Å². The van der Waals surface area contributed by atoms with E-state index in [0.29, 0.717) is 6.61 Å². The number of carbonyl (C=O) groups is 1. The minimum atomic E-state index is -4.51. The first-order chi connectivity index (χ1) is 26.3. The lowest BCUT2D eigenvalue weighted by atomic mass is 10.0. The second-order valence-electron chi connectivity index (χ2n) is 15.4. The van der Waals surface area contributed by atoms with E-state index in [4.69, 9.17) is 23.6 Å². The van der Waals surface area contributed by atoms with Crippen molar-refractivity contribution in [2.75, 3.05) is 33.0 Å². The number of carbonyl (C=O) groups excluding carboxylic acids is 1. The summed E-state index contributed by atoms with van der Waals surface area (Å²) in [6.45, 7) is 3.48. The summed E-state index contributed by atoms with van der Waals surface area (Å²) in [6, 6.07) is 0. The van der Waals surface area contributed by atoms with Crippen molar-refractivity contribution >= 4 is 13.8 Å². The number of esters is 1. The van der Waals surface area contributed by atoms with Crippen LogP contribution >= 0.6 is 7.82 Å². The zero-order chi connectivity index (χ0) is 39.6. The van der Waals surface area contributed by atoms with E-state index in [1.165, 1.54) is 141 Å². The lowest BCUT2D eigenvalue weighted by Gasteiger charge is -2.20. The molecular formula is C44H87O9P. The van der Waals surface area contributed by atoms with Crippen molar-refractivity contribution in [3.05, 3.63) is 12.2 Å². The van der Waals surface area contributed by atoms with E-state index < -0.39 is 39.2 Å². The van der Waals surface area contributed by atoms with Gasteiger partial charge in [-0.05, 0) is 32.1 Å². The maximum absolute atomic E-state index is 12.5. The first kappa shape index (κ1) is 53.2. The smallest absolute Gasteiger partial charge is 0.457 e. The third-order valence-electron chi connectivity index (χ3n) is 9.93. The maximum Gasteiger partial charge on any atom is 0.472 e. The molecule has 0 spiro atoms. The van der Waals surface area contributed by atoms with Crippen LogP contribution in [0, 0.1) is 0 Å². The van der Waals surface area contributed by atoms with Gasteiger partial charge in [0.1, 0.15) is 12.2 Å². The molecule has 3 N–H and O–H groups in total. The number of hydrogen-bond donors (Lipinski definition) is 3. The van der Waals surface area contributed by atoms with E-state index in [-0.39, 0.29) is 19.6 Å². The summed E-state index contributed by atoms with van der Waals surface area (Å²) in [5, 5.41) is 18.3. The Kier molecular flexibility index (Phi) is 41.2. The molecule has 9 nitrogen and oxygen atoms in total. The number of hydrogen-bond acceptors (Lipinski definition) is 8. The van der Waals surface area contributed by atoms with Gasteiger partial charge in [-0.3, -0.25) is 13.8 Å². The van der Waals surface area contributed by atoms with E-state index in [2.05, 4.69) is 26.0 Å². The van der Waals surface area contributed by atoms with Crippen LogP contribution in [0.3, 0.4) is 0 Å². The molecule has 0 aromatic heterocycles. The molecular weight excluding hydrogens is 703 g/mol. The fourth-order valence-corrected chi connectivity index (χ4v) is 7.27. The zero-order valence-electron chi connectivity index (χ0n) is 35.2. The number of rotatable bonds is 44. The van der Waals surface area contributed by atoms with Gasteiger partial charge in [-0.2, -0.15) is 0 Å². The molecule has 3 unspecified atom stereocenters. The number of aliphatic hydroxyl groups is 2. The Balaban J connectivity index is 3.96. The fraction of sp³-hybridized carbons (Fsp3) is 0.932. The van der Waals surface area contributed by atoms with Crippen LogP contribution in [-0.4, -0.2) is 66.3 Å². The highest BCUT2D eigenvalue weighted by atomic mass is 31.2. The Morgan fingerprint density at radius 3 is 1.46 bits per heavy atom. The van der Waals surface area contributed by atoms with Gasteiger partial charge in [-0.15, -0.1) is 0 Å². The highest BCUT2D eigenvalue weighted by Gasteiger charge is 2.26. The number of phosphoric ester groups is 1. The minimum absolute atomic E-state index is 0.0515.